The van der Waals surface area contributed by atoms with Crippen LogP contribution in [0.15, 0.2) is 40.9 Å². The maximum Gasteiger partial charge on any atom is 0.339 e. The number of amides is 1. The van der Waals surface area contributed by atoms with Crippen molar-refractivity contribution in [2.45, 2.75) is 26.8 Å². The number of carbonyl (C=O) groups is 2. The number of carbonyl (C=O) groups excluding carboxylic acids is 2. The third-order valence-corrected chi connectivity index (χ3v) is 3.98. The first-order valence-corrected chi connectivity index (χ1v) is 8.20. The van der Waals surface area contributed by atoms with Crippen LogP contribution in [0.5, 0.6) is 0 Å². The Morgan fingerprint density at radius 2 is 1.96 bits per heavy atom. The fraction of sp³-hybridized carbons (Fsp3) is 0.263. The largest absolute Gasteiger partial charge is 0.452 e. The molecular weight excluding hydrogens is 334 g/mol. The predicted octanol–water partition coefficient (Wildman–Crippen LogP) is 2.87. The smallest absolute Gasteiger partial charge is 0.339 e. The van der Waals surface area contributed by atoms with Gasteiger partial charge in [-0.3, -0.25) is 4.79 Å². The van der Waals surface area contributed by atoms with E-state index in [1.54, 1.807) is 19.9 Å². The lowest BCUT2D eigenvalue weighted by atomic mass is 10.1. The van der Waals surface area contributed by atoms with Crippen LogP contribution in [-0.2, 0) is 9.53 Å². The van der Waals surface area contributed by atoms with Crippen LogP contribution in [0.4, 0.5) is 0 Å². The highest BCUT2D eigenvalue weighted by atomic mass is 16.5. The third-order valence-electron chi connectivity index (χ3n) is 3.98. The summed E-state index contributed by atoms with van der Waals surface area (Å²) in [5.74, 6) is -0.993. The lowest BCUT2D eigenvalue weighted by Crippen LogP contribution is -2.31. The number of aromatic nitrogens is 2. The summed E-state index contributed by atoms with van der Waals surface area (Å²) in [7, 11) is 0. The van der Waals surface area contributed by atoms with Crippen LogP contribution in [0.2, 0.25) is 0 Å². The van der Waals surface area contributed by atoms with Gasteiger partial charge in [0, 0.05) is 5.69 Å². The lowest BCUT2D eigenvalue weighted by molar-refractivity contribution is -0.124. The number of aryl methyl sites for hydroxylation is 2. The third kappa shape index (κ3) is 3.72. The van der Waals surface area contributed by atoms with E-state index in [-0.39, 0.29) is 29.8 Å². The summed E-state index contributed by atoms with van der Waals surface area (Å²) in [4.78, 5) is 28.7. The highest BCUT2D eigenvalue weighted by Gasteiger charge is 2.20. The standard InChI is InChI=1S/C19H19N3O4/c1-11-9-15(17-13(3)22-26-18(17)20-11)19(24)25-10-16(23)21-12(2)14-7-5-4-6-8-14/h4-9,12H,10H2,1-3H3,(H,21,23). The maximum absolute atomic E-state index is 12.4. The van der Waals surface area contributed by atoms with Crippen molar-refractivity contribution in [3.8, 4) is 0 Å². The van der Waals surface area contributed by atoms with E-state index in [9.17, 15) is 9.59 Å². The molecule has 0 aliphatic carbocycles. The normalized spacial score (nSPS) is 12.0. The molecule has 1 aromatic carbocycles. The summed E-state index contributed by atoms with van der Waals surface area (Å²) in [6.45, 7) is 4.95. The molecular formula is C19H19N3O4. The number of hydrogen-bond acceptors (Lipinski definition) is 6. The van der Waals surface area contributed by atoms with Crippen LogP contribution in [0.1, 0.15) is 40.3 Å². The number of hydrogen-bond donors (Lipinski definition) is 1. The molecule has 1 amide bonds. The Morgan fingerprint density at radius 1 is 1.23 bits per heavy atom. The second-order valence-corrected chi connectivity index (χ2v) is 6.04. The van der Waals surface area contributed by atoms with Gasteiger partial charge in [0.05, 0.1) is 22.7 Å². The zero-order chi connectivity index (χ0) is 18.7. The van der Waals surface area contributed by atoms with Crippen LogP contribution in [0.25, 0.3) is 11.1 Å². The van der Waals surface area contributed by atoms with E-state index in [1.165, 1.54) is 0 Å². The summed E-state index contributed by atoms with van der Waals surface area (Å²) in [5, 5.41) is 7.12. The average molecular weight is 353 g/mol. The fourth-order valence-electron chi connectivity index (χ4n) is 2.70. The van der Waals surface area contributed by atoms with Crippen LogP contribution in [0, 0.1) is 13.8 Å². The molecule has 1 unspecified atom stereocenters. The number of benzene rings is 1. The SMILES string of the molecule is Cc1cc(C(=O)OCC(=O)NC(C)c2ccccc2)c2c(C)noc2n1. The Morgan fingerprint density at radius 3 is 2.69 bits per heavy atom. The summed E-state index contributed by atoms with van der Waals surface area (Å²) in [6, 6.07) is 11.0. The topological polar surface area (TPSA) is 94.3 Å². The van der Waals surface area contributed by atoms with Gasteiger partial charge in [0.15, 0.2) is 6.61 Å². The Kier molecular flexibility index (Phi) is 4.97. The average Bonchev–Trinajstić information content (AvgIpc) is 3.00. The van der Waals surface area contributed by atoms with E-state index in [1.807, 2.05) is 37.3 Å². The number of pyridine rings is 1. The van der Waals surface area contributed by atoms with Gasteiger partial charge in [0.2, 0.25) is 0 Å². The molecule has 1 N–H and O–H groups in total. The number of rotatable bonds is 5. The minimum Gasteiger partial charge on any atom is -0.452 e. The van der Waals surface area contributed by atoms with E-state index in [0.29, 0.717) is 16.8 Å². The number of ether oxygens (including phenoxy) is 1. The first-order chi connectivity index (χ1) is 12.5. The zero-order valence-electron chi connectivity index (χ0n) is 14.8. The van der Waals surface area contributed by atoms with Gasteiger partial charge in [-0.15, -0.1) is 0 Å². The lowest BCUT2D eigenvalue weighted by Gasteiger charge is -2.14. The summed E-state index contributed by atoms with van der Waals surface area (Å²) in [5.41, 5.74) is 2.68. The van der Waals surface area contributed by atoms with E-state index in [0.717, 1.165) is 5.56 Å². The van der Waals surface area contributed by atoms with Gasteiger partial charge in [-0.05, 0) is 32.4 Å². The van der Waals surface area contributed by atoms with Gasteiger partial charge in [-0.1, -0.05) is 35.5 Å². The molecule has 0 fully saturated rings. The van der Waals surface area contributed by atoms with Crippen LogP contribution >= 0.6 is 0 Å². The summed E-state index contributed by atoms with van der Waals surface area (Å²) < 4.78 is 10.3. The quantitative estimate of drug-likeness (QED) is 0.709. The van der Waals surface area contributed by atoms with Crippen molar-refractivity contribution in [1.29, 1.82) is 0 Å². The number of fused-ring (bicyclic) bond motifs is 1. The number of nitrogens with one attached hydrogen (secondary N) is 1. The molecule has 7 nitrogen and oxygen atoms in total. The predicted molar refractivity (Wildman–Crippen MR) is 94.6 cm³/mol. The van der Waals surface area contributed by atoms with Gasteiger partial charge >= 0.3 is 5.97 Å². The first kappa shape index (κ1) is 17.6. The fourth-order valence-corrected chi connectivity index (χ4v) is 2.70. The molecule has 2 aromatic heterocycles. The first-order valence-electron chi connectivity index (χ1n) is 8.20. The number of esters is 1. The van der Waals surface area contributed by atoms with Crippen molar-refractivity contribution < 1.29 is 18.8 Å². The Hall–Kier alpha value is -3.22. The second-order valence-electron chi connectivity index (χ2n) is 6.04. The Labute approximate surface area is 150 Å². The summed E-state index contributed by atoms with van der Waals surface area (Å²) >= 11 is 0. The molecule has 0 saturated heterocycles. The molecule has 0 saturated carbocycles. The van der Waals surface area contributed by atoms with E-state index in [2.05, 4.69) is 15.5 Å². The molecule has 0 aliphatic rings. The van der Waals surface area contributed by atoms with Crippen LogP contribution in [0.3, 0.4) is 0 Å². The van der Waals surface area contributed by atoms with Crippen molar-refractivity contribution in [2.24, 2.45) is 0 Å². The Balaban J connectivity index is 1.66. The summed E-state index contributed by atoms with van der Waals surface area (Å²) in [6.07, 6.45) is 0. The van der Waals surface area contributed by atoms with Gasteiger partial charge in [-0.25, -0.2) is 9.78 Å². The maximum atomic E-state index is 12.4. The monoisotopic (exact) mass is 353 g/mol. The molecule has 0 bridgehead atoms. The Bertz CT molecular complexity index is 950. The van der Waals surface area contributed by atoms with Gasteiger partial charge in [-0.2, -0.15) is 0 Å². The molecule has 26 heavy (non-hydrogen) atoms. The van der Waals surface area contributed by atoms with Crippen molar-refractivity contribution in [3.05, 3.63) is 58.9 Å². The van der Waals surface area contributed by atoms with Gasteiger partial charge in [0.1, 0.15) is 0 Å². The van der Waals surface area contributed by atoms with Crippen LogP contribution < -0.4 is 5.32 Å². The van der Waals surface area contributed by atoms with E-state index in [4.69, 9.17) is 9.26 Å². The van der Waals surface area contributed by atoms with E-state index >= 15 is 0 Å². The highest BCUT2D eigenvalue weighted by molar-refractivity contribution is 6.03. The molecule has 7 heteroatoms. The molecule has 3 rings (SSSR count). The minimum atomic E-state index is -0.616. The molecule has 0 spiro atoms. The van der Waals surface area contributed by atoms with Crippen LogP contribution in [-0.4, -0.2) is 28.6 Å². The van der Waals surface area contributed by atoms with Crippen molar-refractivity contribution in [1.82, 2.24) is 15.5 Å². The number of nitrogens with zero attached hydrogens (tertiary/aromatic N) is 2. The molecule has 3 aromatic rings. The van der Waals surface area contributed by atoms with Crippen molar-refractivity contribution in [3.63, 3.8) is 0 Å². The zero-order valence-corrected chi connectivity index (χ0v) is 14.8. The minimum absolute atomic E-state index is 0.183. The molecule has 0 aliphatic heterocycles. The van der Waals surface area contributed by atoms with Crippen molar-refractivity contribution >= 4 is 23.0 Å². The second kappa shape index (κ2) is 7.35. The highest BCUT2D eigenvalue weighted by Crippen LogP contribution is 2.22. The molecule has 1 atom stereocenters. The molecule has 2 heterocycles. The van der Waals surface area contributed by atoms with Gasteiger partial charge in [0.25, 0.3) is 11.6 Å². The van der Waals surface area contributed by atoms with Crippen molar-refractivity contribution in [2.75, 3.05) is 6.61 Å². The van der Waals surface area contributed by atoms with E-state index < -0.39 is 5.97 Å². The molecule has 0 radical (unpaired) electrons. The molecule has 134 valence electrons. The van der Waals surface area contributed by atoms with Gasteiger partial charge < -0.3 is 14.6 Å².